The lowest BCUT2D eigenvalue weighted by Gasteiger charge is -2.09. The van der Waals surface area contributed by atoms with Crippen molar-refractivity contribution in [3.63, 3.8) is 0 Å². The number of para-hydroxylation sites is 1. The molecule has 0 aliphatic rings. The van der Waals surface area contributed by atoms with Crippen molar-refractivity contribution in [3.8, 4) is 0 Å². The number of nitrogens with zero attached hydrogens (tertiary/aromatic N) is 1. The molecule has 142 valence electrons. The van der Waals surface area contributed by atoms with Crippen molar-refractivity contribution in [1.29, 1.82) is 0 Å². The molecule has 0 bridgehead atoms. The average molecular weight is 385 g/mol. The Hall–Kier alpha value is -3.68. The minimum absolute atomic E-state index is 0.0197. The lowest BCUT2D eigenvalue weighted by molar-refractivity contribution is 0.0945. The quantitative estimate of drug-likeness (QED) is 0.704. The first-order valence-electron chi connectivity index (χ1n) is 8.18. The molecule has 0 aliphatic carbocycles. The molecule has 0 radical (unpaired) electrons. The minimum Gasteiger partial charge on any atom is -0.347 e. The van der Waals surface area contributed by atoms with E-state index in [1.54, 1.807) is 6.07 Å². The summed E-state index contributed by atoms with van der Waals surface area (Å²) in [7, 11) is 0. The van der Waals surface area contributed by atoms with Gasteiger partial charge in [0, 0.05) is 23.9 Å². The van der Waals surface area contributed by atoms with Crippen molar-refractivity contribution in [1.82, 2.24) is 10.3 Å². The molecule has 0 atom stereocenters. The number of hydrogen-bond donors (Lipinski definition) is 2. The zero-order valence-corrected chi connectivity index (χ0v) is 14.4. The fourth-order valence-electron chi connectivity index (χ4n) is 2.41. The van der Waals surface area contributed by atoms with Crippen molar-refractivity contribution in [2.75, 3.05) is 5.32 Å². The summed E-state index contributed by atoms with van der Waals surface area (Å²) in [6, 6.07) is 11.6. The summed E-state index contributed by atoms with van der Waals surface area (Å²) in [6.45, 7) is -0.0654. The molecule has 1 aromatic heterocycles. The van der Waals surface area contributed by atoms with Gasteiger partial charge in [0.05, 0.1) is 0 Å². The van der Waals surface area contributed by atoms with E-state index >= 15 is 0 Å². The van der Waals surface area contributed by atoms with Crippen molar-refractivity contribution in [2.24, 2.45) is 0 Å². The van der Waals surface area contributed by atoms with Crippen LogP contribution in [0.5, 0.6) is 0 Å². The number of nitrogens with one attached hydrogen (secondary N) is 2. The van der Waals surface area contributed by atoms with Crippen molar-refractivity contribution >= 4 is 17.5 Å². The van der Waals surface area contributed by atoms with Gasteiger partial charge in [-0.2, -0.15) is 0 Å². The molecule has 0 saturated heterocycles. The first kappa shape index (κ1) is 19.1. The summed E-state index contributed by atoms with van der Waals surface area (Å²) in [5, 5.41) is 4.63. The van der Waals surface area contributed by atoms with Gasteiger partial charge in [0.15, 0.2) is 0 Å². The fraction of sp³-hybridized carbons (Fsp3) is 0.0500. The van der Waals surface area contributed by atoms with E-state index in [1.807, 2.05) is 0 Å². The number of carbonyl (C=O) groups excluding carboxylic acids is 2. The minimum atomic E-state index is -0.926. The van der Waals surface area contributed by atoms with Gasteiger partial charge in [-0.1, -0.05) is 24.3 Å². The third-order valence-electron chi connectivity index (χ3n) is 3.85. The molecule has 0 spiro atoms. The molecule has 0 fully saturated rings. The monoisotopic (exact) mass is 385 g/mol. The van der Waals surface area contributed by atoms with Gasteiger partial charge in [-0.15, -0.1) is 0 Å². The van der Waals surface area contributed by atoms with E-state index in [0.29, 0.717) is 5.56 Å². The third-order valence-corrected chi connectivity index (χ3v) is 3.85. The van der Waals surface area contributed by atoms with E-state index in [9.17, 15) is 22.8 Å². The Labute approximate surface area is 158 Å². The predicted octanol–water partition coefficient (Wildman–Crippen LogP) is 3.68. The van der Waals surface area contributed by atoms with Gasteiger partial charge in [-0.3, -0.25) is 14.6 Å². The molecule has 8 heteroatoms. The molecule has 28 heavy (non-hydrogen) atoms. The van der Waals surface area contributed by atoms with Crippen LogP contribution in [0.1, 0.15) is 26.4 Å². The van der Waals surface area contributed by atoms with Crippen molar-refractivity contribution in [3.05, 3.63) is 95.1 Å². The number of rotatable bonds is 5. The highest BCUT2D eigenvalue weighted by atomic mass is 19.1. The van der Waals surface area contributed by atoms with Gasteiger partial charge in [-0.05, 0) is 30.3 Å². The van der Waals surface area contributed by atoms with Crippen LogP contribution in [0, 0.1) is 17.5 Å². The van der Waals surface area contributed by atoms with Gasteiger partial charge >= 0.3 is 0 Å². The summed E-state index contributed by atoms with van der Waals surface area (Å²) >= 11 is 0. The number of benzene rings is 2. The number of aromatic nitrogens is 1. The Morgan fingerprint density at radius 2 is 1.54 bits per heavy atom. The van der Waals surface area contributed by atoms with E-state index < -0.39 is 35.0 Å². The standard InChI is InChI=1S/C20H14F3N3O2/c21-14-5-2-1-4-13(14)11-25-20(28)17-10-12(8-9-24-17)19(27)26-18-15(22)6-3-7-16(18)23/h1-10H,11H2,(H,25,28)(H,26,27). The van der Waals surface area contributed by atoms with Gasteiger partial charge in [0.2, 0.25) is 0 Å². The number of anilines is 1. The Morgan fingerprint density at radius 3 is 2.25 bits per heavy atom. The second-order valence-corrected chi connectivity index (χ2v) is 5.75. The highest BCUT2D eigenvalue weighted by molar-refractivity contribution is 6.05. The van der Waals surface area contributed by atoms with E-state index in [0.717, 1.165) is 12.1 Å². The van der Waals surface area contributed by atoms with E-state index in [4.69, 9.17) is 0 Å². The summed E-state index contributed by atoms with van der Waals surface area (Å²) in [6.07, 6.45) is 1.21. The summed E-state index contributed by atoms with van der Waals surface area (Å²) in [5.74, 6) is -3.75. The Bertz CT molecular complexity index is 1020. The van der Waals surface area contributed by atoms with Gasteiger partial charge in [-0.25, -0.2) is 13.2 Å². The highest BCUT2D eigenvalue weighted by Gasteiger charge is 2.16. The van der Waals surface area contributed by atoms with Crippen LogP contribution in [-0.2, 0) is 6.54 Å². The third kappa shape index (κ3) is 4.35. The molecule has 2 amide bonds. The average Bonchev–Trinajstić information content (AvgIpc) is 2.70. The highest BCUT2D eigenvalue weighted by Crippen LogP contribution is 2.19. The molecule has 2 aromatic carbocycles. The van der Waals surface area contributed by atoms with Crippen LogP contribution in [0.4, 0.5) is 18.9 Å². The molecule has 3 aromatic rings. The second-order valence-electron chi connectivity index (χ2n) is 5.75. The predicted molar refractivity (Wildman–Crippen MR) is 96.1 cm³/mol. The normalized spacial score (nSPS) is 10.4. The topological polar surface area (TPSA) is 71.1 Å². The Morgan fingerprint density at radius 1 is 0.857 bits per heavy atom. The summed E-state index contributed by atoms with van der Waals surface area (Å²) in [5.41, 5.74) is -0.415. The molecule has 3 rings (SSSR count). The van der Waals surface area contributed by atoms with Crippen LogP contribution in [0.3, 0.4) is 0 Å². The Balaban J connectivity index is 1.72. The number of halogens is 3. The summed E-state index contributed by atoms with van der Waals surface area (Å²) < 4.78 is 40.9. The molecule has 1 heterocycles. The lowest BCUT2D eigenvalue weighted by Crippen LogP contribution is -2.25. The number of amides is 2. The van der Waals surface area contributed by atoms with Gasteiger partial charge in [0.25, 0.3) is 11.8 Å². The molecular formula is C20H14F3N3O2. The van der Waals surface area contributed by atoms with Crippen molar-refractivity contribution in [2.45, 2.75) is 6.54 Å². The molecule has 0 unspecified atom stereocenters. The van der Waals surface area contributed by atoms with Crippen LogP contribution in [0.2, 0.25) is 0 Å². The smallest absolute Gasteiger partial charge is 0.270 e. The first-order valence-corrected chi connectivity index (χ1v) is 8.18. The number of pyridine rings is 1. The van der Waals surface area contributed by atoms with Gasteiger partial charge < -0.3 is 10.6 Å². The summed E-state index contributed by atoms with van der Waals surface area (Å²) in [4.78, 5) is 28.4. The van der Waals surface area contributed by atoms with Crippen LogP contribution in [-0.4, -0.2) is 16.8 Å². The van der Waals surface area contributed by atoms with Crippen LogP contribution in [0.15, 0.2) is 60.8 Å². The van der Waals surface area contributed by atoms with Gasteiger partial charge in [0.1, 0.15) is 28.8 Å². The lowest BCUT2D eigenvalue weighted by atomic mass is 10.2. The largest absolute Gasteiger partial charge is 0.347 e. The van der Waals surface area contributed by atoms with E-state index in [2.05, 4.69) is 15.6 Å². The van der Waals surface area contributed by atoms with E-state index in [-0.39, 0.29) is 17.8 Å². The maximum atomic E-state index is 13.7. The molecular weight excluding hydrogens is 371 g/mol. The maximum absolute atomic E-state index is 13.7. The number of hydrogen-bond acceptors (Lipinski definition) is 3. The zero-order chi connectivity index (χ0) is 20.1. The van der Waals surface area contributed by atoms with Crippen LogP contribution in [0.25, 0.3) is 0 Å². The Kier molecular flexibility index (Phi) is 5.69. The van der Waals surface area contributed by atoms with Crippen molar-refractivity contribution < 1.29 is 22.8 Å². The maximum Gasteiger partial charge on any atom is 0.270 e. The van der Waals surface area contributed by atoms with E-state index in [1.165, 1.54) is 42.6 Å². The molecule has 5 nitrogen and oxygen atoms in total. The first-order chi connectivity index (χ1) is 13.5. The molecule has 0 aliphatic heterocycles. The zero-order valence-electron chi connectivity index (χ0n) is 14.4. The SMILES string of the molecule is O=C(Nc1c(F)cccc1F)c1ccnc(C(=O)NCc2ccccc2F)c1. The molecule has 0 saturated carbocycles. The number of carbonyl (C=O) groups is 2. The molecule has 2 N–H and O–H groups in total. The van der Waals surface area contributed by atoms with Crippen LogP contribution < -0.4 is 10.6 Å². The second kappa shape index (κ2) is 8.34. The van der Waals surface area contributed by atoms with Crippen LogP contribution >= 0.6 is 0 Å². The fourth-order valence-corrected chi connectivity index (χ4v) is 2.41.